The first-order chi connectivity index (χ1) is 11.3. The molecule has 0 aliphatic carbocycles. The van der Waals surface area contributed by atoms with Crippen LogP contribution in [0.5, 0.6) is 0 Å². The normalized spacial score (nSPS) is 15.1. The highest BCUT2D eigenvalue weighted by Crippen LogP contribution is 2.25. The molecule has 126 valence electrons. The van der Waals surface area contributed by atoms with Crippen molar-refractivity contribution < 1.29 is 22.0 Å². The molecular formula is C14H12F2N4O3S. The molecule has 24 heavy (non-hydrogen) atoms. The number of rotatable bonds is 3. The monoisotopic (exact) mass is 354 g/mol. The minimum Gasteiger partial charge on any atom is -0.363 e. The van der Waals surface area contributed by atoms with Gasteiger partial charge in [-0.3, -0.25) is 4.79 Å². The predicted octanol–water partition coefficient (Wildman–Crippen LogP) is 0.601. The summed E-state index contributed by atoms with van der Waals surface area (Å²) in [6.07, 6.45) is 1.69. The van der Waals surface area contributed by atoms with E-state index in [0.29, 0.717) is 17.3 Å². The zero-order valence-corrected chi connectivity index (χ0v) is 13.1. The van der Waals surface area contributed by atoms with Crippen LogP contribution in [-0.2, 0) is 23.0 Å². The Hall–Kier alpha value is -2.46. The molecule has 1 aromatic carbocycles. The first-order valence-corrected chi connectivity index (χ1v) is 8.33. The summed E-state index contributed by atoms with van der Waals surface area (Å²) in [5, 5.41) is 0. The number of hydrogen-bond donors (Lipinski definition) is 1. The second kappa shape index (κ2) is 5.87. The predicted molar refractivity (Wildman–Crippen MR) is 78.2 cm³/mol. The number of nitrogens with two attached hydrogens (primary N) is 1. The third kappa shape index (κ3) is 2.85. The molecule has 3 rings (SSSR count). The maximum Gasteiger partial charge on any atom is 0.286 e. The van der Waals surface area contributed by atoms with Crippen molar-refractivity contribution in [3.05, 3.63) is 53.1 Å². The fourth-order valence-corrected chi connectivity index (χ4v) is 3.89. The molecular weight excluding hydrogens is 342 g/mol. The fraction of sp³-hybridized carbons (Fsp3) is 0.214. The molecule has 1 amide bonds. The minimum atomic E-state index is -4.25. The number of carbonyl (C=O) groups is 1. The van der Waals surface area contributed by atoms with Crippen molar-refractivity contribution in [2.45, 2.75) is 17.9 Å². The summed E-state index contributed by atoms with van der Waals surface area (Å²) < 4.78 is 53.3. The smallest absolute Gasteiger partial charge is 0.286 e. The lowest BCUT2D eigenvalue weighted by atomic mass is 10.1. The molecule has 0 fully saturated rings. The first-order valence-electron chi connectivity index (χ1n) is 6.89. The molecule has 2 heterocycles. The summed E-state index contributed by atoms with van der Waals surface area (Å²) in [5.74, 6) is -2.97. The van der Waals surface area contributed by atoms with E-state index in [1.165, 1.54) is 6.20 Å². The van der Waals surface area contributed by atoms with Gasteiger partial charge >= 0.3 is 0 Å². The zero-order chi connectivity index (χ0) is 17.5. The second-order valence-electron chi connectivity index (χ2n) is 5.19. The van der Waals surface area contributed by atoms with Gasteiger partial charge in [0.1, 0.15) is 16.5 Å². The highest BCUT2D eigenvalue weighted by Gasteiger charge is 2.32. The standard InChI is InChI=1S/C14H12F2N4O3S/c15-9-1-2-10(16)12(5-9)24(22,23)20-4-3-8-6-18-14(13(17)21)19-11(8)7-20/h1-2,5-6H,3-4,7H2,(H2,17,21). The van der Waals surface area contributed by atoms with E-state index in [0.717, 1.165) is 16.4 Å². The van der Waals surface area contributed by atoms with Crippen LogP contribution in [0.15, 0.2) is 29.3 Å². The largest absolute Gasteiger partial charge is 0.363 e. The number of sulfonamides is 1. The van der Waals surface area contributed by atoms with Gasteiger partial charge < -0.3 is 5.73 Å². The van der Waals surface area contributed by atoms with Gasteiger partial charge in [-0.2, -0.15) is 4.31 Å². The van der Waals surface area contributed by atoms with Crippen molar-refractivity contribution >= 4 is 15.9 Å². The lowest BCUT2D eigenvalue weighted by molar-refractivity contribution is 0.0990. The lowest BCUT2D eigenvalue weighted by Gasteiger charge is -2.27. The van der Waals surface area contributed by atoms with Crippen molar-refractivity contribution in [3.8, 4) is 0 Å². The minimum absolute atomic E-state index is 0.0601. The molecule has 0 spiro atoms. The molecule has 7 nitrogen and oxygen atoms in total. The van der Waals surface area contributed by atoms with Crippen LogP contribution in [0.25, 0.3) is 0 Å². The topological polar surface area (TPSA) is 106 Å². The number of hydrogen-bond acceptors (Lipinski definition) is 5. The SMILES string of the molecule is NC(=O)c1ncc2c(n1)CN(S(=O)(=O)c1cc(F)ccc1F)CC2. The molecule has 1 aromatic heterocycles. The van der Waals surface area contributed by atoms with E-state index in [4.69, 9.17) is 5.73 Å². The number of benzene rings is 1. The molecule has 2 N–H and O–H groups in total. The number of halogens is 2. The van der Waals surface area contributed by atoms with E-state index in [9.17, 15) is 22.0 Å². The lowest BCUT2D eigenvalue weighted by Crippen LogP contribution is -2.37. The Bertz CT molecular complexity index is 934. The van der Waals surface area contributed by atoms with Crippen LogP contribution in [0.4, 0.5) is 8.78 Å². The van der Waals surface area contributed by atoms with Crippen LogP contribution in [0.3, 0.4) is 0 Å². The van der Waals surface area contributed by atoms with Crippen LogP contribution >= 0.6 is 0 Å². The number of nitrogens with zero attached hydrogens (tertiary/aromatic N) is 3. The summed E-state index contributed by atoms with van der Waals surface area (Å²) in [4.78, 5) is 18.2. The third-order valence-electron chi connectivity index (χ3n) is 3.64. The average Bonchev–Trinajstić information content (AvgIpc) is 2.55. The maximum absolute atomic E-state index is 13.8. The third-order valence-corrected chi connectivity index (χ3v) is 5.50. The van der Waals surface area contributed by atoms with Crippen molar-refractivity contribution in [2.75, 3.05) is 6.54 Å². The van der Waals surface area contributed by atoms with E-state index in [2.05, 4.69) is 9.97 Å². The number of primary amides is 1. The highest BCUT2D eigenvalue weighted by atomic mass is 32.2. The van der Waals surface area contributed by atoms with Gasteiger partial charge in [0.05, 0.1) is 12.2 Å². The Morgan fingerprint density at radius 3 is 2.75 bits per heavy atom. The van der Waals surface area contributed by atoms with E-state index in [-0.39, 0.29) is 25.3 Å². The second-order valence-corrected chi connectivity index (χ2v) is 7.10. The molecule has 0 unspecified atom stereocenters. The molecule has 0 atom stereocenters. The van der Waals surface area contributed by atoms with Crippen LogP contribution in [0.1, 0.15) is 21.9 Å². The molecule has 0 bridgehead atoms. The molecule has 0 radical (unpaired) electrons. The Balaban J connectivity index is 1.98. The van der Waals surface area contributed by atoms with Crippen molar-refractivity contribution in [1.29, 1.82) is 0 Å². The summed E-state index contributed by atoms with van der Waals surface area (Å²) in [6, 6.07) is 2.23. The highest BCUT2D eigenvalue weighted by molar-refractivity contribution is 7.89. The van der Waals surface area contributed by atoms with Gasteiger partial charge in [0.25, 0.3) is 5.91 Å². The summed E-state index contributed by atoms with van der Waals surface area (Å²) in [6.45, 7) is -0.124. The molecule has 0 saturated carbocycles. The van der Waals surface area contributed by atoms with Gasteiger partial charge in [0, 0.05) is 12.7 Å². The molecule has 2 aromatic rings. The Kier molecular flexibility index (Phi) is 4.01. The quantitative estimate of drug-likeness (QED) is 0.869. The molecule has 1 aliphatic rings. The Morgan fingerprint density at radius 2 is 2.04 bits per heavy atom. The number of amides is 1. The Labute approximate surface area is 136 Å². The van der Waals surface area contributed by atoms with Gasteiger partial charge in [-0.1, -0.05) is 0 Å². The number of aromatic nitrogens is 2. The summed E-state index contributed by atoms with van der Waals surface area (Å²) in [7, 11) is -4.25. The van der Waals surface area contributed by atoms with Crippen LogP contribution in [-0.4, -0.2) is 35.1 Å². The zero-order valence-electron chi connectivity index (χ0n) is 12.2. The van der Waals surface area contributed by atoms with E-state index in [1.54, 1.807) is 0 Å². The van der Waals surface area contributed by atoms with Crippen LogP contribution < -0.4 is 5.73 Å². The first kappa shape index (κ1) is 16.4. The van der Waals surface area contributed by atoms with E-state index in [1.807, 2.05) is 0 Å². The van der Waals surface area contributed by atoms with Crippen molar-refractivity contribution in [2.24, 2.45) is 5.73 Å². The van der Waals surface area contributed by atoms with E-state index < -0.39 is 32.5 Å². The molecule has 1 aliphatic heterocycles. The molecule has 10 heteroatoms. The van der Waals surface area contributed by atoms with Gasteiger partial charge in [0.2, 0.25) is 15.8 Å². The van der Waals surface area contributed by atoms with E-state index >= 15 is 0 Å². The maximum atomic E-state index is 13.8. The molecule has 0 saturated heterocycles. The van der Waals surface area contributed by atoms with Crippen molar-refractivity contribution in [1.82, 2.24) is 14.3 Å². The van der Waals surface area contributed by atoms with Gasteiger partial charge in [0.15, 0.2) is 0 Å². The summed E-state index contributed by atoms with van der Waals surface area (Å²) in [5.41, 5.74) is 6.09. The van der Waals surface area contributed by atoms with Crippen LogP contribution in [0.2, 0.25) is 0 Å². The van der Waals surface area contributed by atoms with Crippen LogP contribution in [0, 0.1) is 11.6 Å². The van der Waals surface area contributed by atoms with Gasteiger partial charge in [-0.15, -0.1) is 0 Å². The van der Waals surface area contributed by atoms with Gasteiger partial charge in [-0.05, 0) is 30.2 Å². The number of carbonyl (C=O) groups excluding carboxylic acids is 1. The average molecular weight is 354 g/mol. The van der Waals surface area contributed by atoms with Gasteiger partial charge in [-0.25, -0.2) is 27.2 Å². The summed E-state index contributed by atoms with van der Waals surface area (Å²) >= 11 is 0. The van der Waals surface area contributed by atoms with Crippen molar-refractivity contribution in [3.63, 3.8) is 0 Å². The fourth-order valence-electron chi connectivity index (χ4n) is 2.42. The number of fused-ring (bicyclic) bond motifs is 1. The Morgan fingerprint density at radius 1 is 1.29 bits per heavy atom.